The Morgan fingerprint density at radius 2 is 1.73 bits per heavy atom. The van der Waals surface area contributed by atoms with E-state index in [4.69, 9.17) is 4.55 Å². The zero-order valence-electron chi connectivity index (χ0n) is 10.8. The van der Waals surface area contributed by atoms with E-state index in [1.165, 1.54) is 5.56 Å². The maximum Gasteiger partial charge on any atom is 1.00 e. The van der Waals surface area contributed by atoms with Crippen molar-refractivity contribution in [1.82, 2.24) is 0 Å². The second kappa shape index (κ2) is 6.16. The molecule has 15 heavy (non-hydrogen) atoms. The zero-order valence-corrected chi connectivity index (χ0v) is 12.6. The van der Waals surface area contributed by atoms with Crippen molar-refractivity contribution in [2.45, 2.75) is 32.1 Å². The molecule has 0 radical (unpaired) electrons. The van der Waals surface area contributed by atoms with Crippen LogP contribution in [0.3, 0.4) is 0 Å². The van der Waals surface area contributed by atoms with Gasteiger partial charge in [0.1, 0.15) is 0 Å². The van der Waals surface area contributed by atoms with Crippen LogP contribution in [0.25, 0.3) is 0 Å². The molecule has 0 aliphatic rings. The molecule has 0 saturated heterocycles. The number of hydrogen-bond donors (Lipinski definition) is 1. The van der Waals surface area contributed by atoms with Crippen molar-refractivity contribution < 1.29 is 39.7 Å². The molecular weight excluding hydrogens is 219 g/mol. The molecule has 0 aromatic heterocycles. The zero-order chi connectivity index (χ0) is 10.8. The monoisotopic (exact) mass is 236 g/mol. The van der Waals surface area contributed by atoms with Gasteiger partial charge in [-0.15, -0.1) is 0 Å². The Morgan fingerprint density at radius 1 is 1.27 bits per heavy atom. The summed E-state index contributed by atoms with van der Waals surface area (Å²) in [5, 5.41) is 0. The minimum absolute atomic E-state index is 0. The van der Waals surface area contributed by atoms with E-state index in [9.17, 15) is 4.21 Å². The van der Waals surface area contributed by atoms with Crippen molar-refractivity contribution in [1.29, 1.82) is 0 Å². The van der Waals surface area contributed by atoms with Crippen LogP contribution in [0.2, 0.25) is 0 Å². The molecule has 1 N–H and O–H groups in total. The SMILES string of the molecule is CC(C)(C)Cc1ccc(S(=O)O)cc1.[H-].[Na+]. The van der Waals surface area contributed by atoms with E-state index in [0.717, 1.165) is 6.42 Å². The predicted octanol–water partition coefficient (Wildman–Crippen LogP) is -0.0277. The summed E-state index contributed by atoms with van der Waals surface area (Å²) in [7, 11) is 0. The summed E-state index contributed by atoms with van der Waals surface area (Å²) < 4.78 is 19.5. The normalized spacial score (nSPS) is 13.1. The molecule has 1 atom stereocenters. The maximum atomic E-state index is 10.7. The van der Waals surface area contributed by atoms with Crippen LogP contribution in [-0.2, 0) is 17.5 Å². The van der Waals surface area contributed by atoms with E-state index in [-0.39, 0.29) is 36.4 Å². The largest absolute Gasteiger partial charge is 1.00 e. The van der Waals surface area contributed by atoms with Crippen LogP contribution in [0.5, 0.6) is 0 Å². The molecule has 4 heteroatoms. The third-order valence-electron chi connectivity index (χ3n) is 1.86. The second-order valence-electron chi connectivity index (χ2n) is 4.63. The summed E-state index contributed by atoms with van der Waals surface area (Å²) >= 11 is -1.86. The fourth-order valence-corrected chi connectivity index (χ4v) is 1.71. The van der Waals surface area contributed by atoms with Gasteiger partial charge < -0.3 is 5.98 Å². The molecule has 1 unspecified atom stereocenters. The Morgan fingerprint density at radius 3 is 2.07 bits per heavy atom. The van der Waals surface area contributed by atoms with Crippen LogP contribution in [0, 0.1) is 5.41 Å². The summed E-state index contributed by atoms with van der Waals surface area (Å²) in [5.74, 6) is 0. The molecule has 1 rings (SSSR count). The van der Waals surface area contributed by atoms with Crippen molar-refractivity contribution in [2.75, 3.05) is 0 Å². The van der Waals surface area contributed by atoms with Crippen LogP contribution in [0.1, 0.15) is 27.8 Å². The molecule has 0 heterocycles. The Bertz CT molecular complexity index is 333. The first-order chi connectivity index (χ1) is 6.38. The second-order valence-corrected chi connectivity index (χ2v) is 5.60. The first kappa shape index (κ1) is 15.3. The predicted molar refractivity (Wildman–Crippen MR) is 59.8 cm³/mol. The molecule has 1 aromatic rings. The van der Waals surface area contributed by atoms with Gasteiger partial charge in [0.25, 0.3) is 0 Å². The number of rotatable bonds is 2. The van der Waals surface area contributed by atoms with Gasteiger partial charge >= 0.3 is 29.6 Å². The molecule has 0 spiro atoms. The van der Waals surface area contributed by atoms with Crippen LogP contribution < -0.4 is 29.6 Å². The minimum Gasteiger partial charge on any atom is -1.00 e. The molecular formula is C11H17NaO2S. The van der Waals surface area contributed by atoms with E-state index < -0.39 is 11.1 Å². The van der Waals surface area contributed by atoms with Gasteiger partial charge in [-0.05, 0) is 29.5 Å². The van der Waals surface area contributed by atoms with Crippen molar-refractivity contribution in [3.63, 3.8) is 0 Å². The van der Waals surface area contributed by atoms with Gasteiger partial charge in [0.2, 0.25) is 0 Å². The molecule has 80 valence electrons. The molecule has 0 fully saturated rings. The molecule has 2 nitrogen and oxygen atoms in total. The Kier molecular flexibility index (Phi) is 6.30. The summed E-state index contributed by atoms with van der Waals surface area (Å²) in [6.07, 6.45) is 0.978. The summed E-state index contributed by atoms with van der Waals surface area (Å²) in [6, 6.07) is 7.23. The van der Waals surface area contributed by atoms with Crippen LogP contribution in [0.15, 0.2) is 29.2 Å². The molecule has 0 aliphatic heterocycles. The molecule has 0 amide bonds. The van der Waals surface area contributed by atoms with Gasteiger partial charge in [0.05, 0.1) is 4.90 Å². The van der Waals surface area contributed by atoms with Crippen LogP contribution in [0.4, 0.5) is 0 Å². The van der Waals surface area contributed by atoms with Gasteiger partial charge in [-0.1, -0.05) is 32.9 Å². The van der Waals surface area contributed by atoms with Gasteiger partial charge in [0.15, 0.2) is 11.1 Å². The Labute approximate surface area is 118 Å². The molecule has 0 saturated carbocycles. The van der Waals surface area contributed by atoms with Gasteiger partial charge in [0, 0.05) is 0 Å². The minimum atomic E-state index is -1.86. The fourth-order valence-electron chi connectivity index (χ4n) is 1.34. The smallest absolute Gasteiger partial charge is 1.00 e. The van der Waals surface area contributed by atoms with E-state index in [1.807, 2.05) is 12.1 Å². The van der Waals surface area contributed by atoms with Gasteiger partial charge in [-0.25, -0.2) is 4.21 Å². The fraction of sp³-hybridized carbons (Fsp3) is 0.455. The van der Waals surface area contributed by atoms with Crippen LogP contribution >= 0.6 is 0 Å². The summed E-state index contributed by atoms with van der Waals surface area (Å²) in [4.78, 5) is 0.461. The maximum absolute atomic E-state index is 10.7. The third-order valence-corrected chi connectivity index (χ3v) is 2.53. The van der Waals surface area contributed by atoms with E-state index in [0.29, 0.717) is 4.90 Å². The van der Waals surface area contributed by atoms with E-state index >= 15 is 0 Å². The first-order valence-corrected chi connectivity index (χ1v) is 5.69. The van der Waals surface area contributed by atoms with Gasteiger partial charge in [-0.2, -0.15) is 0 Å². The topological polar surface area (TPSA) is 37.3 Å². The summed E-state index contributed by atoms with van der Waals surface area (Å²) in [6.45, 7) is 6.52. The quantitative estimate of drug-likeness (QED) is 0.578. The van der Waals surface area contributed by atoms with Gasteiger partial charge in [-0.3, -0.25) is 0 Å². The average Bonchev–Trinajstić information content (AvgIpc) is 2.02. The molecule has 0 aliphatic carbocycles. The summed E-state index contributed by atoms with van der Waals surface area (Å²) in [5.41, 5.74) is 1.45. The Hall–Kier alpha value is 0.330. The van der Waals surface area contributed by atoms with E-state index in [2.05, 4.69) is 20.8 Å². The number of benzene rings is 1. The van der Waals surface area contributed by atoms with Crippen molar-refractivity contribution in [3.05, 3.63) is 29.8 Å². The van der Waals surface area contributed by atoms with Crippen molar-refractivity contribution in [2.24, 2.45) is 5.41 Å². The van der Waals surface area contributed by atoms with E-state index in [1.54, 1.807) is 12.1 Å². The Balaban J connectivity index is 0. The molecule has 0 bridgehead atoms. The average molecular weight is 236 g/mol. The standard InChI is InChI=1S/C11H16O2S.Na.H/c1-11(2,3)8-9-4-6-10(7-5-9)14(12)13;;/h4-7H,8H2,1-3H3,(H,12,13);;/q;+1;-1. The van der Waals surface area contributed by atoms with Crippen molar-refractivity contribution >= 4 is 11.1 Å². The molecule has 1 aromatic carbocycles. The number of hydrogen-bond acceptors (Lipinski definition) is 1. The first-order valence-electron chi connectivity index (χ1n) is 4.58. The van der Waals surface area contributed by atoms with Crippen molar-refractivity contribution in [3.8, 4) is 0 Å². The third kappa shape index (κ3) is 5.83. The van der Waals surface area contributed by atoms with Crippen LogP contribution in [-0.4, -0.2) is 8.76 Å².